The van der Waals surface area contributed by atoms with E-state index in [-0.39, 0.29) is 0 Å². The van der Waals surface area contributed by atoms with E-state index in [9.17, 15) is 0 Å². The number of anilines is 6. The zero-order chi connectivity index (χ0) is 42.9. The van der Waals surface area contributed by atoms with E-state index in [4.69, 9.17) is 9.47 Å². The van der Waals surface area contributed by atoms with Crippen LogP contribution in [0.2, 0.25) is 0 Å². The van der Waals surface area contributed by atoms with Gasteiger partial charge in [0.05, 0.1) is 16.8 Å². The summed E-state index contributed by atoms with van der Waals surface area (Å²) in [5, 5.41) is 0. The number of fused-ring (bicyclic) bond motifs is 7. The van der Waals surface area contributed by atoms with E-state index < -0.39 is 5.41 Å². The van der Waals surface area contributed by atoms with Gasteiger partial charge in [-0.2, -0.15) is 0 Å². The Balaban J connectivity index is 0.951. The van der Waals surface area contributed by atoms with Gasteiger partial charge in [0.25, 0.3) is 0 Å². The average molecular weight is 833 g/mol. The zero-order valence-corrected chi connectivity index (χ0v) is 35.3. The van der Waals surface area contributed by atoms with Gasteiger partial charge in [-0.25, -0.2) is 0 Å². The third-order valence-corrected chi connectivity index (χ3v) is 13.3. The molecule has 0 radical (unpaired) electrons. The second kappa shape index (κ2) is 14.8. The molecule has 13 rings (SSSR count). The smallest absolute Gasteiger partial charge is 0.155 e. The minimum Gasteiger partial charge on any atom is -0.453 e. The maximum Gasteiger partial charge on any atom is 0.155 e. The largest absolute Gasteiger partial charge is 0.453 e. The van der Waals surface area contributed by atoms with Gasteiger partial charge in [0, 0.05) is 17.1 Å². The van der Waals surface area contributed by atoms with Crippen molar-refractivity contribution in [2.24, 2.45) is 0 Å². The Bertz CT molecular complexity index is 3370. The highest BCUT2D eigenvalue weighted by Crippen LogP contribution is 2.60. The number of hydrogen-bond acceptors (Lipinski definition) is 4. The van der Waals surface area contributed by atoms with Crippen molar-refractivity contribution in [2.45, 2.75) is 5.41 Å². The molecule has 0 spiro atoms. The topological polar surface area (TPSA) is 24.9 Å². The number of nitrogens with zero attached hydrogens (tertiary/aromatic N) is 2. The predicted octanol–water partition coefficient (Wildman–Crippen LogP) is 16.5. The number of para-hydroxylation sites is 3. The molecule has 306 valence electrons. The quantitative estimate of drug-likeness (QED) is 0.160. The van der Waals surface area contributed by atoms with Crippen LogP contribution < -0.4 is 19.3 Å². The van der Waals surface area contributed by atoms with Crippen LogP contribution in [0.15, 0.2) is 243 Å². The summed E-state index contributed by atoms with van der Waals surface area (Å²) in [5.41, 5.74) is 17.7. The zero-order valence-electron chi connectivity index (χ0n) is 35.3. The van der Waals surface area contributed by atoms with Crippen molar-refractivity contribution >= 4 is 34.1 Å². The van der Waals surface area contributed by atoms with Crippen molar-refractivity contribution in [3.63, 3.8) is 0 Å². The molecule has 4 heteroatoms. The predicted molar refractivity (Wildman–Crippen MR) is 264 cm³/mol. The molecule has 0 fully saturated rings. The summed E-state index contributed by atoms with van der Waals surface area (Å²) in [5.74, 6) is 3.17. The van der Waals surface area contributed by atoms with E-state index in [1.54, 1.807) is 0 Å². The van der Waals surface area contributed by atoms with Crippen LogP contribution in [0.5, 0.6) is 23.0 Å². The lowest BCUT2D eigenvalue weighted by molar-refractivity contribution is 0.446. The average Bonchev–Trinajstić information content (AvgIpc) is 3.68. The Kier molecular flexibility index (Phi) is 8.40. The first-order chi connectivity index (χ1) is 32.2. The van der Waals surface area contributed by atoms with E-state index in [0.717, 1.165) is 68.2 Å². The van der Waals surface area contributed by atoms with Gasteiger partial charge in [0.2, 0.25) is 0 Å². The molecule has 0 saturated carbocycles. The molecule has 10 aromatic rings. The highest BCUT2D eigenvalue weighted by molar-refractivity contribution is 5.95. The molecular formula is C61H40N2O2. The SMILES string of the molecule is c1ccc(-c2ccc(N(c3ccc(-c4ccc5c(c4)N4c6ccccc6Oc6cccc(c64)O5)cc3)c3ccc4c(c3)C(c3ccccc3)(c3ccccc3)c3ccccc3-4)cc2)cc1. The Morgan fingerprint density at radius 1 is 0.323 bits per heavy atom. The van der Waals surface area contributed by atoms with E-state index in [2.05, 4.69) is 222 Å². The van der Waals surface area contributed by atoms with Crippen molar-refractivity contribution < 1.29 is 9.47 Å². The van der Waals surface area contributed by atoms with Crippen LogP contribution in [-0.4, -0.2) is 0 Å². The van der Waals surface area contributed by atoms with Crippen LogP contribution in [0.3, 0.4) is 0 Å². The maximum absolute atomic E-state index is 6.51. The van der Waals surface area contributed by atoms with Gasteiger partial charge in [-0.15, -0.1) is 0 Å². The molecule has 0 aromatic heterocycles. The molecule has 0 N–H and O–H groups in total. The van der Waals surface area contributed by atoms with Crippen molar-refractivity contribution in [2.75, 3.05) is 9.80 Å². The standard InChI is InChI=1S/C61H40N2O2/c1-4-15-41(16-5-1)42-27-32-47(33-28-42)62(49-36-37-51-50-21-10-11-22-52(50)61(53(51)40-49,45-17-6-2-7-18-45)46-19-8-3-9-20-46)48-34-29-43(30-35-48)44-31-38-57-55(39-44)63-54-23-12-13-24-56(54)64-58-25-14-26-59(65-57)60(58)63/h1-40H. The van der Waals surface area contributed by atoms with Crippen molar-refractivity contribution in [1.82, 2.24) is 0 Å². The third kappa shape index (κ3) is 5.77. The van der Waals surface area contributed by atoms with Gasteiger partial charge in [-0.1, -0.05) is 170 Å². The molecule has 2 aliphatic heterocycles. The fraction of sp³-hybridized carbons (Fsp3) is 0.0164. The summed E-state index contributed by atoms with van der Waals surface area (Å²) in [6, 6.07) is 87.2. The molecule has 3 aliphatic rings. The van der Waals surface area contributed by atoms with Crippen molar-refractivity contribution in [3.8, 4) is 56.4 Å². The Morgan fingerprint density at radius 3 is 1.49 bits per heavy atom. The summed E-state index contributed by atoms with van der Waals surface area (Å²) in [7, 11) is 0. The first-order valence-electron chi connectivity index (χ1n) is 22.2. The van der Waals surface area contributed by atoms with Crippen LogP contribution in [0.25, 0.3) is 33.4 Å². The fourth-order valence-electron chi connectivity index (χ4n) is 10.4. The molecule has 0 atom stereocenters. The highest BCUT2D eigenvalue weighted by Gasteiger charge is 2.46. The normalized spacial score (nSPS) is 13.3. The summed E-state index contributed by atoms with van der Waals surface area (Å²) in [4.78, 5) is 4.67. The molecule has 0 bridgehead atoms. The lowest BCUT2D eigenvalue weighted by atomic mass is 9.67. The van der Waals surface area contributed by atoms with Gasteiger partial charge in [0.1, 0.15) is 5.69 Å². The summed E-state index contributed by atoms with van der Waals surface area (Å²) < 4.78 is 12.9. The Labute approximate surface area is 378 Å². The van der Waals surface area contributed by atoms with Gasteiger partial charge in [-0.3, -0.25) is 4.90 Å². The van der Waals surface area contributed by atoms with Crippen LogP contribution >= 0.6 is 0 Å². The number of benzene rings is 10. The van der Waals surface area contributed by atoms with Gasteiger partial charge < -0.3 is 14.4 Å². The van der Waals surface area contributed by atoms with E-state index in [0.29, 0.717) is 0 Å². The van der Waals surface area contributed by atoms with Gasteiger partial charge in [0.15, 0.2) is 23.0 Å². The second-order valence-corrected chi connectivity index (χ2v) is 16.8. The van der Waals surface area contributed by atoms with E-state index in [1.165, 1.54) is 44.5 Å². The highest BCUT2D eigenvalue weighted by atomic mass is 16.5. The van der Waals surface area contributed by atoms with Gasteiger partial charge >= 0.3 is 0 Å². The molecule has 0 unspecified atom stereocenters. The first-order valence-corrected chi connectivity index (χ1v) is 22.2. The third-order valence-electron chi connectivity index (χ3n) is 13.3. The Hall–Kier alpha value is -8.60. The van der Waals surface area contributed by atoms with Gasteiger partial charge in [-0.05, 0) is 128 Å². The minimum atomic E-state index is -0.518. The van der Waals surface area contributed by atoms with Crippen LogP contribution in [0, 0.1) is 0 Å². The minimum absolute atomic E-state index is 0.518. The molecular weight excluding hydrogens is 793 g/mol. The van der Waals surface area contributed by atoms with E-state index >= 15 is 0 Å². The molecule has 0 amide bonds. The van der Waals surface area contributed by atoms with Crippen LogP contribution in [0.1, 0.15) is 22.3 Å². The molecule has 0 saturated heterocycles. The molecule has 1 aliphatic carbocycles. The Morgan fingerprint density at radius 2 is 0.815 bits per heavy atom. The molecule has 65 heavy (non-hydrogen) atoms. The summed E-state index contributed by atoms with van der Waals surface area (Å²) >= 11 is 0. The van der Waals surface area contributed by atoms with Crippen LogP contribution in [-0.2, 0) is 5.41 Å². The molecule has 10 aromatic carbocycles. The maximum atomic E-state index is 6.51. The van der Waals surface area contributed by atoms with Crippen molar-refractivity contribution in [1.29, 1.82) is 0 Å². The number of ether oxygens (including phenoxy) is 2. The lowest BCUT2D eigenvalue weighted by Gasteiger charge is -2.37. The molecule has 2 heterocycles. The first kappa shape index (κ1) is 37.0. The van der Waals surface area contributed by atoms with E-state index in [1.807, 2.05) is 30.3 Å². The van der Waals surface area contributed by atoms with Crippen molar-refractivity contribution in [3.05, 3.63) is 265 Å². The number of hydrogen-bond donors (Lipinski definition) is 0. The van der Waals surface area contributed by atoms with Crippen LogP contribution in [0.4, 0.5) is 34.1 Å². The lowest BCUT2D eigenvalue weighted by Crippen LogP contribution is -2.28. The fourth-order valence-corrected chi connectivity index (χ4v) is 10.4. The monoisotopic (exact) mass is 832 g/mol. The summed E-state index contributed by atoms with van der Waals surface area (Å²) in [6.07, 6.45) is 0. The second-order valence-electron chi connectivity index (χ2n) is 16.8. The number of rotatable bonds is 7. The summed E-state index contributed by atoms with van der Waals surface area (Å²) in [6.45, 7) is 0. The molecule has 4 nitrogen and oxygen atoms in total.